The molecule has 0 unspecified atom stereocenters. The van der Waals surface area contributed by atoms with Gasteiger partial charge in [-0.1, -0.05) is 13.8 Å². The fraction of sp³-hybridized carbons (Fsp3) is 0.643. The molecule has 0 radical (unpaired) electrons. The highest BCUT2D eigenvalue weighted by molar-refractivity contribution is 5.50. The molecule has 0 fully saturated rings. The summed E-state index contributed by atoms with van der Waals surface area (Å²) in [6.45, 7) is 12.8. The van der Waals surface area contributed by atoms with Gasteiger partial charge in [0, 0.05) is 18.3 Å². The SMILES string of the molecule is CC(C)CNCc1ccncc1NC(C)(C)C. The molecule has 0 aliphatic carbocycles. The van der Waals surface area contributed by atoms with Crippen LogP contribution in [0, 0.1) is 5.92 Å². The quantitative estimate of drug-likeness (QED) is 0.823. The van der Waals surface area contributed by atoms with E-state index >= 15 is 0 Å². The van der Waals surface area contributed by atoms with Crippen LogP contribution < -0.4 is 10.6 Å². The van der Waals surface area contributed by atoms with E-state index in [2.05, 4.69) is 56.3 Å². The number of nitrogens with zero attached hydrogens (tertiary/aromatic N) is 1. The van der Waals surface area contributed by atoms with E-state index in [9.17, 15) is 0 Å². The van der Waals surface area contributed by atoms with Crippen molar-refractivity contribution in [2.75, 3.05) is 11.9 Å². The predicted octanol–water partition coefficient (Wildman–Crippen LogP) is 3.04. The summed E-state index contributed by atoms with van der Waals surface area (Å²) in [5.41, 5.74) is 2.46. The molecule has 96 valence electrons. The smallest absolute Gasteiger partial charge is 0.0576 e. The Morgan fingerprint density at radius 3 is 2.59 bits per heavy atom. The number of hydrogen-bond donors (Lipinski definition) is 2. The fourth-order valence-electron chi connectivity index (χ4n) is 1.59. The molecule has 0 aliphatic heterocycles. The maximum Gasteiger partial charge on any atom is 0.0576 e. The van der Waals surface area contributed by atoms with Gasteiger partial charge in [0.25, 0.3) is 0 Å². The lowest BCUT2D eigenvalue weighted by molar-refractivity contribution is 0.551. The normalized spacial score (nSPS) is 11.9. The molecule has 0 aliphatic rings. The van der Waals surface area contributed by atoms with Gasteiger partial charge < -0.3 is 10.6 Å². The number of hydrogen-bond acceptors (Lipinski definition) is 3. The lowest BCUT2D eigenvalue weighted by atomic mass is 10.1. The van der Waals surface area contributed by atoms with Crippen LogP contribution in [0.2, 0.25) is 0 Å². The van der Waals surface area contributed by atoms with Crippen molar-refractivity contribution in [2.24, 2.45) is 5.92 Å². The monoisotopic (exact) mass is 235 g/mol. The number of aromatic nitrogens is 1. The van der Waals surface area contributed by atoms with E-state index < -0.39 is 0 Å². The zero-order valence-electron chi connectivity index (χ0n) is 11.7. The van der Waals surface area contributed by atoms with Gasteiger partial charge in [0.05, 0.1) is 11.9 Å². The third-order valence-corrected chi connectivity index (χ3v) is 2.29. The molecule has 1 heterocycles. The molecule has 0 atom stereocenters. The summed E-state index contributed by atoms with van der Waals surface area (Å²) in [7, 11) is 0. The molecule has 0 saturated heterocycles. The molecule has 1 rings (SSSR count). The first-order chi connectivity index (χ1) is 7.88. The molecule has 2 N–H and O–H groups in total. The van der Waals surface area contributed by atoms with Gasteiger partial charge in [-0.15, -0.1) is 0 Å². The Hall–Kier alpha value is -1.09. The second kappa shape index (κ2) is 6.01. The minimum Gasteiger partial charge on any atom is -0.379 e. The summed E-state index contributed by atoms with van der Waals surface area (Å²) in [6.07, 6.45) is 3.75. The van der Waals surface area contributed by atoms with Gasteiger partial charge in [0.1, 0.15) is 0 Å². The van der Waals surface area contributed by atoms with Crippen LogP contribution in [0.5, 0.6) is 0 Å². The van der Waals surface area contributed by atoms with Crippen molar-refractivity contribution in [1.29, 1.82) is 0 Å². The first kappa shape index (κ1) is 14.0. The Balaban J connectivity index is 2.64. The average molecular weight is 235 g/mol. The number of pyridine rings is 1. The van der Waals surface area contributed by atoms with Gasteiger partial charge in [-0.05, 0) is 44.9 Å². The molecule has 0 bridgehead atoms. The minimum atomic E-state index is 0.0653. The van der Waals surface area contributed by atoms with Crippen LogP contribution >= 0.6 is 0 Å². The standard InChI is InChI=1S/C14H25N3/c1-11(2)8-16-9-12-6-7-15-10-13(12)17-14(3,4)5/h6-7,10-11,16-17H,8-9H2,1-5H3. The molecule has 3 heteroatoms. The third kappa shape index (κ3) is 5.68. The molecular weight excluding hydrogens is 210 g/mol. The van der Waals surface area contributed by atoms with E-state index in [-0.39, 0.29) is 5.54 Å². The molecule has 17 heavy (non-hydrogen) atoms. The Kier molecular flexibility index (Phi) is 4.94. The molecule has 0 aromatic carbocycles. The van der Waals surface area contributed by atoms with E-state index in [4.69, 9.17) is 0 Å². The molecule has 0 saturated carbocycles. The maximum atomic E-state index is 4.18. The lowest BCUT2D eigenvalue weighted by Crippen LogP contribution is -2.28. The topological polar surface area (TPSA) is 37.0 Å². The van der Waals surface area contributed by atoms with Gasteiger partial charge >= 0.3 is 0 Å². The highest BCUT2D eigenvalue weighted by Crippen LogP contribution is 2.18. The van der Waals surface area contributed by atoms with Crippen molar-refractivity contribution in [1.82, 2.24) is 10.3 Å². The second-order valence-corrected chi connectivity index (χ2v) is 5.93. The highest BCUT2D eigenvalue weighted by atomic mass is 15.0. The average Bonchev–Trinajstić information content (AvgIpc) is 2.17. The lowest BCUT2D eigenvalue weighted by Gasteiger charge is -2.24. The first-order valence-electron chi connectivity index (χ1n) is 6.30. The van der Waals surface area contributed by atoms with Gasteiger partial charge in [-0.2, -0.15) is 0 Å². The Labute approximate surface area is 105 Å². The van der Waals surface area contributed by atoms with Crippen LogP contribution in [0.3, 0.4) is 0 Å². The van der Waals surface area contributed by atoms with Gasteiger partial charge in [-0.25, -0.2) is 0 Å². The molecule has 1 aromatic rings. The van der Waals surface area contributed by atoms with Crippen molar-refractivity contribution < 1.29 is 0 Å². The summed E-state index contributed by atoms with van der Waals surface area (Å²) >= 11 is 0. The van der Waals surface area contributed by atoms with Crippen molar-refractivity contribution in [3.8, 4) is 0 Å². The van der Waals surface area contributed by atoms with E-state index in [1.54, 1.807) is 0 Å². The number of nitrogens with one attached hydrogen (secondary N) is 2. The molecule has 3 nitrogen and oxygen atoms in total. The molecule has 0 amide bonds. The van der Waals surface area contributed by atoms with Crippen molar-refractivity contribution in [3.05, 3.63) is 24.0 Å². The second-order valence-electron chi connectivity index (χ2n) is 5.93. The van der Waals surface area contributed by atoms with Crippen LogP contribution in [0.15, 0.2) is 18.5 Å². The predicted molar refractivity (Wildman–Crippen MR) is 74.2 cm³/mol. The fourth-order valence-corrected chi connectivity index (χ4v) is 1.59. The van der Waals surface area contributed by atoms with Gasteiger partial charge in [0.2, 0.25) is 0 Å². The minimum absolute atomic E-state index is 0.0653. The highest BCUT2D eigenvalue weighted by Gasteiger charge is 2.11. The summed E-state index contributed by atoms with van der Waals surface area (Å²) in [4.78, 5) is 4.18. The first-order valence-corrected chi connectivity index (χ1v) is 6.30. The Morgan fingerprint density at radius 1 is 1.29 bits per heavy atom. The van der Waals surface area contributed by atoms with E-state index in [0.29, 0.717) is 5.92 Å². The zero-order valence-corrected chi connectivity index (χ0v) is 11.7. The number of anilines is 1. The van der Waals surface area contributed by atoms with Crippen LogP contribution in [0.25, 0.3) is 0 Å². The summed E-state index contributed by atoms with van der Waals surface area (Å²) in [5.74, 6) is 0.677. The van der Waals surface area contributed by atoms with Crippen LogP contribution in [0.1, 0.15) is 40.2 Å². The van der Waals surface area contributed by atoms with Crippen LogP contribution in [-0.2, 0) is 6.54 Å². The van der Waals surface area contributed by atoms with Gasteiger partial charge in [0.15, 0.2) is 0 Å². The summed E-state index contributed by atoms with van der Waals surface area (Å²) in [5, 5.41) is 6.94. The molecular formula is C14H25N3. The summed E-state index contributed by atoms with van der Waals surface area (Å²) < 4.78 is 0. The van der Waals surface area contributed by atoms with Crippen LogP contribution in [0.4, 0.5) is 5.69 Å². The third-order valence-electron chi connectivity index (χ3n) is 2.29. The largest absolute Gasteiger partial charge is 0.379 e. The number of rotatable bonds is 5. The van der Waals surface area contributed by atoms with Crippen molar-refractivity contribution >= 4 is 5.69 Å². The maximum absolute atomic E-state index is 4.18. The van der Waals surface area contributed by atoms with Gasteiger partial charge in [-0.3, -0.25) is 4.98 Å². The van der Waals surface area contributed by atoms with E-state index in [1.807, 2.05) is 12.4 Å². The molecule has 1 aromatic heterocycles. The van der Waals surface area contributed by atoms with E-state index in [0.717, 1.165) is 18.8 Å². The Morgan fingerprint density at radius 2 is 2.00 bits per heavy atom. The zero-order chi connectivity index (χ0) is 12.9. The van der Waals surface area contributed by atoms with Crippen LogP contribution in [-0.4, -0.2) is 17.1 Å². The summed E-state index contributed by atoms with van der Waals surface area (Å²) in [6, 6.07) is 2.07. The Bertz CT molecular complexity index is 340. The van der Waals surface area contributed by atoms with Crippen molar-refractivity contribution in [3.63, 3.8) is 0 Å². The van der Waals surface area contributed by atoms with E-state index in [1.165, 1.54) is 5.56 Å². The molecule has 0 spiro atoms. The van der Waals surface area contributed by atoms with Crippen molar-refractivity contribution in [2.45, 2.75) is 46.7 Å².